The number of carbonyl (C=O) groups is 2. The van der Waals surface area contributed by atoms with Gasteiger partial charge in [-0.2, -0.15) is 0 Å². The molecule has 0 saturated carbocycles. The lowest BCUT2D eigenvalue weighted by atomic mass is 10.1. The van der Waals surface area contributed by atoms with Crippen LogP contribution >= 0.6 is 0 Å². The molecule has 0 saturated heterocycles. The SMILES string of the molecule is O=C(O)Cn1cc(C(=O)O)c2cc(-c3cnc4n3CCCC4)ccc21. The molecular formula is C18H17N3O4. The van der Waals surface area contributed by atoms with Crippen LogP contribution in [-0.4, -0.2) is 36.3 Å². The Morgan fingerprint density at radius 3 is 2.80 bits per heavy atom. The highest BCUT2D eigenvalue weighted by Crippen LogP contribution is 2.30. The van der Waals surface area contributed by atoms with Crippen molar-refractivity contribution in [1.29, 1.82) is 0 Å². The van der Waals surface area contributed by atoms with Gasteiger partial charge in [0.25, 0.3) is 0 Å². The van der Waals surface area contributed by atoms with Crippen molar-refractivity contribution >= 4 is 22.8 Å². The minimum absolute atomic E-state index is 0.108. The van der Waals surface area contributed by atoms with Gasteiger partial charge in [-0.15, -0.1) is 0 Å². The van der Waals surface area contributed by atoms with Crippen molar-refractivity contribution in [3.63, 3.8) is 0 Å². The summed E-state index contributed by atoms with van der Waals surface area (Å²) >= 11 is 0. The third kappa shape index (κ3) is 2.57. The first-order valence-corrected chi connectivity index (χ1v) is 8.17. The molecule has 3 heterocycles. The molecular weight excluding hydrogens is 322 g/mol. The van der Waals surface area contributed by atoms with E-state index < -0.39 is 11.9 Å². The monoisotopic (exact) mass is 339 g/mol. The van der Waals surface area contributed by atoms with E-state index in [0.29, 0.717) is 10.9 Å². The van der Waals surface area contributed by atoms with Crippen molar-refractivity contribution < 1.29 is 19.8 Å². The first kappa shape index (κ1) is 15.4. The molecule has 2 N–H and O–H groups in total. The number of carboxylic acids is 2. The predicted molar refractivity (Wildman–Crippen MR) is 90.7 cm³/mol. The maximum absolute atomic E-state index is 11.6. The van der Waals surface area contributed by atoms with Gasteiger partial charge in [-0.05, 0) is 25.0 Å². The fourth-order valence-electron chi connectivity index (χ4n) is 3.55. The number of hydrogen-bond acceptors (Lipinski definition) is 3. The van der Waals surface area contributed by atoms with Crippen LogP contribution in [-0.2, 0) is 24.3 Å². The van der Waals surface area contributed by atoms with Crippen LogP contribution in [0.3, 0.4) is 0 Å². The molecule has 1 aromatic carbocycles. The maximum Gasteiger partial charge on any atom is 0.337 e. The summed E-state index contributed by atoms with van der Waals surface area (Å²) in [6.07, 6.45) is 6.41. The van der Waals surface area contributed by atoms with Crippen LogP contribution in [0, 0.1) is 0 Å². The number of imidazole rings is 1. The number of benzene rings is 1. The molecule has 0 unspecified atom stereocenters. The quantitative estimate of drug-likeness (QED) is 0.761. The number of carboxylic acid groups (broad SMARTS) is 2. The van der Waals surface area contributed by atoms with E-state index >= 15 is 0 Å². The van der Waals surface area contributed by atoms with Crippen molar-refractivity contribution in [3.05, 3.63) is 42.0 Å². The first-order chi connectivity index (χ1) is 12.0. The van der Waals surface area contributed by atoms with Crippen molar-refractivity contribution in [2.75, 3.05) is 0 Å². The minimum Gasteiger partial charge on any atom is -0.480 e. The Kier molecular flexibility index (Phi) is 3.56. The van der Waals surface area contributed by atoms with Crippen LogP contribution < -0.4 is 0 Å². The standard InChI is InChI=1S/C18H17N3O4/c22-17(23)10-20-9-13(18(24)25)12-7-11(4-5-14(12)20)15-8-19-16-3-1-2-6-21(15)16/h4-5,7-9H,1-3,6,10H2,(H,22,23)(H,24,25). The molecule has 0 amide bonds. The first-order valence-electron chi connectivity index (χ1n) is 8.17. The van der Waals surface area contributed by atoms with Crippen molar-refractivity contribution in [3.8, 4) is 11.3 Å². The summed E-state index contributed by atoms with van der Waals surface area (Å²) in [6, 6.07) is 5.49. The Balaban J connectivity index is 1.87. The smallest absolute Gasteiger partial charge is 0.337 e. The number of nitrogens with zero attached hydrogens (tertiary/aromatic N) is 3. The largest absolute Gasteiger partial charge is 0.480 e. The van der Waals surface area contributed by atoms with Gasteiger partial charge in [0.15, 0.2) is 0 Å². The summed E-state index contributed by atoms with van der Waals surface area (Å²) in [6.45, 7) is 0.639. The molecule has 1 aliphatic rings. The molecule has 0 atom stereocenters. The fraction of sp³-hybridized carbons (Fsp3) is 0.278. The second kappa shape index (κ2) is 5.77. The number of aromatic nitrogens is 3. The molecule has 1 aliphatic heterocycles. The zero-order valence-electron chi connectivity index (χ0n) is 13.5. The second-order valence-corrected chi connectivity index (χ2v) is 6.27. The number of aliphatic carboxylic acids is 1. The molecule has 0 fully saturated rings. The van der Waals surface area contributed by atoms with E-state index in [1.165, 1.54) is 10.8 Å². The van der Waals surface area contributed by atoms with Gasteiger partial charge in [0, 0.05) is 35.6 Å². The van der Waals surface area contributed by atoms with E-state index in [2.05, 4.69) is 9.55 Å². The van der Waals surface area contributed by atoms with Crippen LogP contribution in [0.2, 0.25) is 0 Å². The summed E-state index contributed by atoms with van der Waals surface area (Å²) in [4.78, 5) is 27.1. The number of aromatic carboxylic acids is 1. The lowest BCUT2D eigenvalue weighted by Gasteiger charge is -2.16. The van der Waals surface area contributed by atoms with E-state index in [0.717, 1.165) is 42.9 Å². The Labute approximate surface area is 143 Å². The molecule has 25 heavy (non-hydrogen) atoms. The normalized spacial score (nSPS) is 13.8. The molecule has 4 rings (SSSR count). The van der Waals surface area contributed by atoms with Crippen LogP contribution in [0.4, 0.5) is 0 Å². The van der Waals surface area contributed by atoms with E-state index in [1.54, 1.807) is 6.07 Å². The third-order valence-electron chi connectivity index (χ3n) is 4.68. The minimum atomic E-state index is -1.07. The molecule has 0 aliphatic carbocycles. The zero-order chi connectivity index (χ0) is 17.6. The average molecular weight is 339 g/mol. The van der Waals surface area contributed by atoms with E-state index in [1.807, 2.05) is 18.3 Å². The van der Waals surface area contributed by atoms with Gasteiger partial charge in [-0.3, -0.25) is 4.79 Å². The highest BCUT2D eigenvalue weighted by molar-refractivity contribution is 6.04. The van der Waals surface area contributed by atoms with Crippen molar-refractivity contribution in [2.24, 2.45) is 0 Å². The zero-order valence-corrected chi connectivity index (χ0v) is 13.5. The number of fused-ring (bicyclic) bond motifs is 2. The van der Waals surface area contributed by atoms with E-state index in [9.17, 15) is 14.7 Å². The lowest BCUT2D eigenvalue weighted by molar-refractivity contribution is -0.137. The van der Waals surface area contributed by atoms with Gasteiger partial charge < -0.3 is 19.3 Å². The van der Waals surface area contributed by atoms with Crippen molar-refractivity contribution in [1.82, 2.24) is 14.1 Å². The third-order valence-corrected chi connectivity index (χ3v) is 4.68. The molecule has 0 bridgehead atoms. The van der Waals surface area contributed by atoms with Gasteiger partial charge >= 0.3 is 11.9 Å². The highest BCUT2D eigenvalue weighted by atomic mass is 16.4. The molecule has 0 spiro atoms. The number of aryl methyl sites for hydroxylation is 1. The number of rotatable bonds is 4. The summed E-state index contributed by atoms with van der Waals surface area (Å²) in [5, 5.41) is 19.0. The van der Waals surface area contributed by atoms with Gasteiger partial charge in [-0.1, -0.05) is 6.07 Å². The highest BCUT2D eigenvalue weighted by Gasteiger charge is 2.19. The van der Waals surface area contributed by atoms with Gasteiger partial charge in [0.05, 0.1) is 17.5 Å². The molecule has 2 aromatic heterocycles. The predicted octanol–water partition coefficient (Wildman–Crippen LogP) is 2.62. The van der Waals surface area contributed by atoms with Gasteiger partial charge in [-0.25, -0.2) is 9.78 Å². The molecule has 128 valence electrons. The van der Waals surface area contributed by atoms with E-state index in [4.69, 9.17) is 5.11 Å². The number of hydrogen-bond donors (Lipinski definition) is 2. The Morgan fingerprint density at radius 1 is 1.20 bits per heavy atom. The second-order valence-electron chi connectivity index (χ2n) is 6.27. The molecule has 3 aromatic rings. The molecule has 7 heteroatoms. The summed E-state index contributed by atoms with van der Waals surface area (Å²) in [5.74, 6) is -1.02. The van der Waals surface area contributed by atoms with Crippen LogP contribution in [0.5, 0.6) is 0 Å². The van der Waals surface area contributed by atoms with Gasteiger partial charge in [0.2, 0.25) is 0 Å². The van der Waals surface area contributed by atoms with Crippen LogP contribution in [0.25, 0.3) is 22.2 Å². The Bertz CT molecular complexity index is 999. The van der Waals surface area contributed by atoms with Crippen LogP contribution in [0.15, 0.2) is 30.6 Å². The molecule has 0 radical (unpaired) electrons. The average Bonchev–Trinajstić information content (AvgIpc) is 3.16. The summed E-state index contributed by atoms with van der Waals surface area (Å²) < 4.78 is 3.64. The summed E-state index contributed by atoms with van der Waals surface area (Å²) in [7, 11) is 0. The molecule has 7 nitrogen and oxygen atoms in total. The maximum atomic E-state index is 11.6. The Hall–Kier alpha value is -3.09. The van der Waals surface area contributed by atoms with Gasteiger partial charge in [0.1, 0.15) is 12.4 Å². The summed E-state index contributed by atoms with van der Waals surface area (Å²) in [5.41, 5.74) is 2.57. The fourth-order valence-corrected chi connectivity index (χ4v) is 3.55. The van der Waals surface area contributed by atoms with Crippen molar-refractivity contribution in [2.45, 2.75) is 32.4 Å². The topological polar surface area (TPSA) is 97.3 Å². The Morgan fingerprint density at radius 2 is 2.04 bits per heavy atom. The van der Waals surface area contributed by atoms with E-state index in [-0.39, 0.29) is 12.1 Å². The van der Waals surface area contributed by atoms with Crippen LogP contribution in [0.1, 0.15) is 29.0 Å². The lowest BCUT2D eigenvalue weighted by Crippen LogP contribution is -2.11.